The molecule has 3 nitrogen and oxygen atoms in total. The Balaban J connectivity index is 1.24. The summed E-state index contributed by atoms with van der Waals surface area (Å²) in [5.41, 5.74) is 3.81. The zero-order chi connectivity index (χ0) is 21.5. The van der Waals surface area contributed by atoms with Gasteiger partial charge in [0.05, 0.1) is 11.2 Å². The molecule has 156 valence electrons. The Labute approximate surface area is 187 Å². The van der Waals surface area contributed by atoms with Crippen LogP contribution in [0.2, 0.25) is 5.02 Å². The molecule has 0 saturated carbocycles. The second kappa shape index (κ2) is 10.2. The van der Waals surface area contributed by atoms with Crippen LogP contribution in [-0.4, -0.2) is 10.8 Å². The van der Waals surface area contributed by atoms with E-state index in [1.54, 1.807) is 0 Å². The number of unbranched alkanes of at least 4 members (excludes halogenated alkanes) is 1. The molecule has 0 saturated heterocycles. The average molecular weight is 430 g/mol. The number of para-hydroxylation sites is 1. The van der Waals surface area contributed by atoms with Gasteiger partial charge in [-0.1, -0.05) is 48.0 Å². The van der Waals surface area contributed by atoms with E-state index in [-0.39, 0.29) is 5.78 Å². The molecule has 3 aromatic carbocycles. The van der Waals surface area contributed by atoms with E-state index >= 15 is 0 Å². The van der Waals surface area contributed by atoms with E-state index in [0.29, 0.717) is 13.0 Å². The normalized spacial score (nSPS) is 10.9. The minimum Gasteiger partial charge on any atom is -0.487 e. The van der Waals surface area contributed by atoms with Crippen LogP contribution in [0.5, 0.6) is 5.75 Å². The van der Waals surface area contributed by atoms with Gasteiger partial charge in [-0.15, -0.1) is 0 Å². The molecule has 4 rings (SSSR count). The first kappa shape index (κ1) is 21.1. The summed E-state index contributed by atoms with van der Waals surface area (Å²) < 4.78 is 5.85. The Hall–Kier alpha value is -3.17. The number of nitrogens with zero attached hydrogens (tertiary/aromatic N) is 1. The summed E-state index contributed by atoms with van der Waals surface area (Å²) in [6.07, 6.45) is 3.36. The van der Waals surface area contributed by atoms with Crippen molar-refractivity contribution in [3.8, 4) is 5.75 Å². The van der Waals surface area contributed by atoms with E-state index in [2.05, 4.69) is 11.1 Å². The Morgan fingerprint density at radius 2 is 1.61 bits per heavy atom. The quantitative estimate of drug-likeness (QED) is 0.211. The van der Waals surface area contributed by atoms with E-state index < -0.39 is 0 Å². The number of hydrogen-bond donors (Lipinski definition) is 0. The van der Waals surface area contributed by atoms with Crippen molar-refractivity contribution in [2.75, 3.05) is 0 Å². The summed E-state index contributed by atoms with van der Waals surface area (Å²) in [6, 6.07) is 27.3. The lowest BCUT2D eigenvalue weighted by Crippen LogP contribution is -2.01. The van der Waals surface area contributed by atoms with Gasteiger partial charge in [0.15, 0.2) is 5.78 Å². The van der Waals surface area contributed by atoms with Crippen molar-refractivity contribution in [3.63, 3.8) is 0 Å². The first-order valence-electron chi connectivity index (χ1n) is 10.5. The number of aryl methyl sites for hydroxylation is 1. The smallest absolute Gasteiger partial charge is 0.162 e. The molecule has 0 bridgehead atoms. The molecule has 0 fully saturated rings. The molecule has 0 aliphatic carbocycles. The van der Waals surface area contributed by atoms with Crippen molar-refractivity contribution >= 4 is 28.3 Å². The van der Waals surface area contributed by atoms with Crippen LogP contribution in [0, 0.1) is 0 Å². The molecule has 0 spiro atoms. The molecule has 0 aliphatic heterocycles. The number of fused-ring (bicyclic) bond motifs is 1. The molecule has 0 N–H and O–H groups in total. The maximum absolute atomic E-state index is 12.4. The largest absolute Gasteiger partial charge is 0.487 e. The average Bonchev–Trinajstić information content (AvgIpc) is 2.81. The highest BCUT2D eigenvalue weighted by Crippen LogP contribution is 2.18. The number of hydrogen-bond acceptors (Lipinski definition) is 3. The van der Waals surface area contributed by atoms with Gasteiger partial charge in [0.2, 0.25) is 0 Å². The monoisotopic (exact) mass is 429 g/mol. The van der Waals surface area contributed by atoms with Crippen LogP contribution in [0.25, 0.3) is 10.9 Å². The first-order chi connectivity index (χ1) is 15.2. The number of Topliss-reactive ketones (excluding diaryl/α,β-unsaturated/α-hetero) is 1. The maximum Gasteiger partial charge on any atom is 0.162 e. The van der Waals surface area contributed by atoms with Crippen molar-refractivity contribution < 1.29 is 9.53 Å². The Bertz CT molecular complexity index is 1150. The van der Waals surface area contributed by atoms with Gasteiger partial charge < -0.3 is 4.74 Å². The molecule has 1 heterocycles. The van der Waals surface area contributed by atoms with E-state index in [1.807, 2.05) is 78.9 Å². The van der Waals surface area contributed by atoms with Crippen LogP contribution < -0.4 is 4.74 Å². The van der Waals surface area contributed by atoms with Crippen LogP contribution in [0.4, 0.5) is 0 Å². The topological polar surface area (TPSA) is 39.2 Å². The zero-order valence-corrected chi connectivity index (χ0v) is 18.0. The number of pyridine rings is 1. The minimum atomic E-state index is 0.166. The van der Waals surface area contributed by atoms with Crippen LogP contribution in [-0.2, 0) is 13.0 Å². The van der Waals surface area contributed by atoms with E-state index in [0.717, 1.165) is 52.2 Å². The predicted octanol–water partition coefficient (Wildman–Crippen LogP) is 7.06. The summed E-state index contributed by atoms with van der Waals surface area (Å²) in [5, 5.41) is 1.86. The molecule has 1 aromatic heterocycles. The number of rotatable bonds is 9. The number of carbonyl (C=O) groups is 1. The molecule has 0 atom stereocenters. The van der Waals surface area contributed by atoms with Gasteiger partial charge >= 0.3 is 0 Å². The Kier molecular flexibility index (Phi) is 6.96. The van der Waals surface area contributed by atoms with Gasteiger partial charge in [0, 0.05) is 22.4 Å². The highest BCUT2D eigenvalue weighted by Gasteiger charge is 2.07. The zero-order valence-electron chi connectivity index (χ0n) is 17.3. The molecule has 4 heteroatoms. The summed E-state index contributed by atoms with van der Waals surface area (Å²) in [7, 11) is 0. The summed E-state index contributed by atoms with van der Waals surface area (Å²) in [5.74, 6) is 0.896. The number of ether oxygens (including phenoxy) is 1. The van der Waals surface area contributed by atoms with Crippen LogP contribution in [0.1, 0.15) is 40.9 Å². The number of benzene rings is 3. The Morgan fingerprint density at radius 3 is 2.42 bits per heavy atom. The molecule has 31 heavy (non-hydrogen) atoms. The fourth-order valence-corrected chi connectivity index (χ4v) is 3.62. The lowest BCUT2D eigenvalue weighted by molar-refractivity contribution is 0.0979. The second-order valence-corrected chi connectivity index (χ2v) is 8.00. The predicted molar refractivity (Wildman–Crippen MR) is 126 cm³/mol. The summed E-state index contributed by atoms with van der Waals surface area (Å²) in [4.78, 5) is 17.1. The van der Waals surface area contributed by atoms with Gasteiger partial charge in [-0.05, 0) is 73.4 Å². The van der Waals surface area contributed by atoms with Crippen molar-refractivity contribution in [1.82, 2.24) is 4.98 Å². The molecule has 4 aromatic rings. The van der Waals surface area contributed by atoms with Crippen molar-refractivity contribution in [1.29, 1.82) is 0 Å². The van der Waals surface area contributed by atoms with E-state index in [4.69, 9.17) is 16.3 Å². The van der Waals surface area contributed by atoms with Crippen molar-refractivity contribution in [2.45, 2.75) is 32.3 Å². The number of ketones is 1. The summed E-state index contributed by atoms with van der Waals surface area (Å²) >= 11 is 5.91. The number of carbonyl (C=O) groups excluding carboxylic acids is 1. The van der Waals surface area contributed by atoms with E-state index in [9.17, 15) is 4.79 Å². The van der Waals surface area contributed by atoms with Crippen LogP contribution in [0.15, 0.2) is 84.9 Å². The molecule has 0 radical (unpaired) electrons. The Morgan fingerprint density at radius 1 is 0.839 bits per heavy atom. The van der Waals surface area contributed by atoms with Gasteiger partial charge in [-0.2, -0.15) is 0 Å². The van der Waals surface area contributed by atoms with Gasteiger partial charge in [0.1, 0.15) is 12.4 Å². The molecular weight excluding hydrogens is 406 g/mol. The van der Waals surface area contributed by atoms with Crippen LogP contribution >= 0.6 is 11.6 Å². The number of aromatic nitrogens is 1. The van der Waals surface area contributed by atoms with Gasteiger partial charge in [-0.3, -0.25) is 4.79 Å². The number of halogens is 1. The SMILES string of the molecule is O=C(CCCCc1ccc(Cl)cc1)c1ccc(OCc2ccc3ccccc3n2)cc1. The summed E-state index contributed by atoms with van der Waals surface area (Å²) in [6.45, 7) is 0.392. The standard InChI is InChI=1S/C27H24ClNO2/c28-23-14-9-20(10-15-23)5-1-4-8-27(30)22-12-17-25(18-13-22)31-19-24-16-11-21-6-2-3-7-26(21)29-24/h2-3,6-7,9-18H,1,4-5,8,19H2. The third kappa shape index (κ3) is 5.93. The first-order valence-corrected chi connectivity index (χ1v) is 10.9. The fraction of sp³-hybridized carbons (Fsp3) is 0.185. The maximum atomic E-state index is 12.4. The van der Waals surface area contributed by atoms with E-state index in [1.165, 1.54) is 5.56 Å². The van der Waals surface area contributed by atoms with Crippen molar-refractivity contribution in [2.24, 2.45) is 0 Å². The lowest BCUT2D eigenvalue weighted by atomic mass is 10.0. The highest BCUT2D eigenvalue weighted by molar-refractivity contribution is 6.30. The van der Waals surface area contributed by atoms with Crippen molar-refractivity contribution in [3.05, 3.63) is 107 Å². The highest BCUT2D eigenvalue weighted by atomic mass is 35.5. The fourth-order valence-electron chi connectivity index (χ4n) is 3.49. The third-order valence-electron chi connectivity index (χ3n) is 5.25. The third-order valence-corrected chi connectivity index (χ3v) is 5.50. The van der Waals surface area contributed by atoms with Gasteiger partial charge in [-0.25, -0.2) is 4.98 Å². The molecule has 0 aliphatic rings. The van der Waals surface area contributed by atoms with Gasteiger partial charge in [0.25, 0.3) is 0 Å². The molecule has 0 amide bonds. The minimum absolute atomic E-state index is 0.166. The lowest BCUT2D eigenvalue weighted by Gasteiger charge is -2.08. The molecule has 0 unspecified atom stereocenters. The second-order valence-electron chi connectivity index (χ2n) is 7.57. The molecular formula is C27H24ClNO2. The van der Waals surface area contributed by atoms with Crippen LogP contribution in [0.3, 0.4) is 0 Å².